The average molecular weight is 387 g/mol. The second kappa shape index (κ2) is 6.13. The number of nitrogens with one attached hydrogen (secondary N) is 1. The van der Waals surface area contributed by atoms with Gasteiger partial charge in [0.2, 0.25) is 0 Å². The lowest BCUT2D eigenvalue weighted by Crippen LogP contribution is -2.41. The van der Waals surface area contributed by atoms with Crippen molar-refractivity contribution in [2.45, 2.75) is 43.7 Å². The lowest BCUT2D eigenvalue weighted by molar-refractivity contribution is -0.135. The van der Waals surface area contributed by atoms with E-state index in [9.17, 15) is 10.1 Å². The summed E-state index contributed by atoms with van der Waals surface area (Å²) in [7, 11) is 1.53. The number of aromatic nitrogens is 3. The monoisotopic (exact) mass is 387 g/mol. The molecule has 0 unspecified atom stereocenters. The second-order valence-electron chi connectivity index (χ2n) is 7.96. The number of amides is 1. The van der Waals surface area contributed by atoms with Crippen molar-refractivity contribution in [3.05, 3.63) is 42.1 Å². The van der Waals surface area contributed by atoms with E-state index in [1.807, 2.05) is 35.0 Å². The van der Waals surface area contributed by atoms with E-state index >= 15 is 0 Å². The highest BCUT2D eigenvalue weighted by molar-refractivity contribution is 6.07. The highest BCUT2D eigenvalue weighted by atomic mass is 16.5. The lowest BCUT2D eigenvalue weighted by atomic mass is 9.74. The van der Waals surface area contributed by atoms with Gasteiger partial charge in [-0.1, -0.05) is 18.2 Å². The van der Waals surface area contributed by atoms with Crippen LogP contribution in [0.2, 0.25) is 0 Å². The number of nitrogens with zero attached hydrogens (tertiary/aromatic N) is 4. The smallest absolute Gasteiger partial charge is 0.262 e. The Morgan fingerprint density at radius 1 is 1.31 bits per heavy atom. The average Bonchev–Trinajstić information content (AvgIpc) is 3.21. The molecule has 0 spiro atoms. The molecule has 3 heterocycles. The highest BCUT2D eigenvalue weighted by Gasteiger charge is 2.47. The number of methoxy groups -OCH3 is 1. The molecule has 1 saturated carbocycles. The number of carbonyl (C=O) groups excluding carboxylic acids is 1. The van der Waals surface area contributed by atoms with Crippen molar-refractivity contribution in [2.75, 3.05) is 12.4 Å². The third-order valence-electron chi connectivity index (χ3n) is 6.49. The van der Waals surface area contributed by atoms with Crippen LogP contribution in [0.4, 0.5) is 5.82 Å². The molecule has 1 atom stereocenters. The number of ether oxygens (including phenoxy) is 1. The van der Waals surface area contributed by atoms with Gasteiger partial charge in [-0.2, -0.15) is 10.4 Å². The lowest BCUT2D eigenvalue weighted by Gasteiger charge is -2.40. The number of para-hydroxylation sites is 1. The minimum absolute atomic E-state index is 0.237. The molecule has 1 aliphatic carbocycles. The van der Waals surface area contributed by atoms with Gasteiger partial charge in [-0.25, -0.2) is 4.98 Å². The molecule has 146 valence electrons. The maximum Gasteiger partial charge on any atom is 0.262 e. The van der Waals surface area contributed by atoms with Gasteiger partial charge in [0.1, 0.15) is 11.5 Å². The van der Waals surface area contributed by atoms with Gasteiger partial charge in [0.05, 0.1) is 23.5 Å². The zero-order valence-electron chi connectivity index (χ0n) is 16.4. The standard InChI is InChI=1S/C22H21N5O2/c1-21(29-2)17-15(8-13-24-19(17)25-20(21)28)18-14-6-3-4-7-16(14)27(26-18)22(11-12-23)9-5-10-22/h3-4,6-8,13H,5,9-11H2,1-2H3,(H,24,25,28)/t21-/m1/s1. The molecule has 3 aromatic rings. The minimum atomic E-state index is -1.13. The molecule has 0 saturated heterocycles. The zero-order valence-corrected chi connectivity index (χ0v) is 16.4. The maximum absolute atomic E-state index is 12.6. The number of benzene rings is 1. The van der Waals surface area contributed by atoms with Crippen LogP contribution in [0.3, 0.4) is 0 Å². The molecule has 29 heavy (non-hydrogen) atoms. The topological polar surface area (TPSA) is 92.8 Å². The van der Waals surface area contributed by atoms with Crippen molar-refractivity contribution in [3.63, 3.8) is 0 Å². The zero-order chi connectivity index (χ0) is 20.2. The first-order chi connectivity index (χ1) is 14.0. The van der Waals surface area contributed by atoms with Gasteiger partial charge in [0.25, 0.3) is 5.91 Å². The molecule has 1 fully saturated rings. The first-order valence-electron chi connectivity index (χ1n) is 9.76. The Bertz CT molecular complexity index is 1190. The van der Waals surface area contributed by atoms with Crippen LogP contribution < -0.4 is 5.32 Å². The Morgan fingerprint density at radius 3 is 2.79 bits per heavy atom. The van der Waals surface area contributed by atoms with Gasteiger partial charge in [0.15, 0.2) is 5.60 Å². The molecule has 1 amide bonds. The van der Waals surface area contributed by atoms with Gasteiger partial charge in [-0.3, -0.25) is 9.48 Å². The predicted molar refractivity (Wildman–Crippen MR) is 108 cm³/mol. The fraction of sp³-hybridized carbons (Fsp3) is 0.364. The van der Waals surface area contributed by atoms with Crippen molar-refractivity contribution in [1.82, 2.24) is 14.8 Å². The van der Waals surface area contributed by atoms with Crippen LogP contribution in [-0.4, -0.2) is 27.8 Å². The van der Waals surface area contributed by atoms with Crippen LogP contribution in [0.5, 0.6) is 0 Å². The van der Waals surface area contributed by atoms with E-state index in [1.165, 1.54) is 7.11 Å². The minimum Gasteiger partial charge on any atom is -0.364 e. The van der Waals surface area contributed by atoms with E-state index < -0.39 is 5.60 Å². The summed E-state index contributed by atoms with van der Waals surface area (Å²) < 4.78 is 7.66. The largest absolute Gasteiger partial charge is 0.364 e. The second-order valence-corrected chi connectivity index (χ2v) is 7.96. The van der Waals surface area contributed by atoms with Gasteiger partial charge in [-0.15, -0.1) is 0 Å². The fourth-order valence-corrected chi connectivity index (χ4v) is 4.59. The molecule has 7 heteroatoms. The highest BCUT2D eigenvalue weighted by Crippen LogP contribution is 2.47. The van der Waals surface area contributed by atoms with Crippen LogP contribution in [-0.2, 0) is 20.7 Å². The molecule has 2 aromatic heterocycles. The molecule has 2 aliphatic rings. The number of fused-ring (bicyclic) bond motifs is 2. The molecular weight excluding hydrogens is 366 g/mol. The van der Waals surface area contributed by atoms with E-state index in [1.54, 1.807) is 13.1 Å². The van der Waals surface area contributed by atoms with Gasteiger partial charge in [-0.05, 0) is 38.3 Å². The van der Waals surface area contributed by atoms with Crippen LogP contribution in [0.1, 0.15) is 38.2 Å². The van der Waals surface area contributed by atoms with Gasteiger partial charge in [0, 0.05) is 29.8 Å². The third-order valence-corrected chi connectivity index (χ3v) is 6.49. The van der Waals surface area contributed by atoms with Crippen molar-refractivity contribution < 1.29 is 9.53 Å². The summed E-state index contributed by atoms with van der Waals surface area (Å²) in [6.07, 6.45) is 5.09. The van der Waals surface area contributed by atoms with Crippen molar-refractivity contribution in [1.29, 1.82) is 5.26 Å². The van der Waals surface area contributed by atoms with Crippen molar-refractivity contribution in [2.24, 2.45) is 0 Å². The van der Waals surface area contributed by atoms with Crippen LogP contribution >= 0.6 is 0 Å². The summed E-state index contributed by atoms with van der Waals surface area (Å²) in [5.41, 5.74) is 1.90. The Balaban J connectivity index is 1.79. The number of hydrogen-bond acceptors (Lipinski definition) is 5. The van der Waals surface area contributed by atoms with E-state index in [0.29, 0.717) is 17.8 Å². The number of rotatable bonds is 4. The Hall–Kier alpha value is -3.24. The number of nitriles is 1. The quantitative estimate of drug-likeness (QED) is 0.737. The molecule has 1 aromatic carbocycles. The van der Waals surface area contributed by atoms with Crippen LogP contribution in [0.15, 0.2) is 36.5 Å². The Kier molecular flexibility index (Phi) is 3.77. The summed E-state index contributed by atoms with van der Waals surface area (Å²) >= 11 is 0. The molecule has 1 N–H and O–H groups in total. The summed E-state index contributed by atoms with van der Waals surface area (Å²) in [5.74, 6) is 0.268. The van der Waals surface area contributed by atoms with Gasteiger partial charge < -0.3 is 10.1 Å². The van der Waals surface area contributed by atoms with Crippen molar-refractivity contribution in [3.8, 4) is 17.3 Å². The number of anilines is 1. The molecule has 7 nitrogen and oxygen atoms in total. The molecule has 0 bridgehead atoms. The molecule has 0 radical (unpaired) electrons. The Morgan fingerprint density at radius 2 is 2.10 bits per heavy atom. The third kappa shape index (κ3) is 2.29. The number of hydrogen-bond donors (Lipinski definition) is 1. The van der Waals surface area contributed by atoms with Crippen molar-refractivity contribution >= 4 is 22.6 Å². The predicted octanol–water partition coefficient (Wildman–Crippen LogP) is 3.70. The van der Waals surface area contributed by atoms with E-state index in [4.69, 9.17) is 9.84 Å². The molecule has 5 rings (SSSR count). The van der Waals surface area contributed by atoms with E-state index in [-0.39, 0.29) is 11.4 Å². The van der Waals surface area contributed by atoms with E-state index in [2.05, 4.69) is 16.4 Å². The molecule has 1 aliphatic heterocycles. The van der Waals surface area contributed by atoms with Gasteiger partial charge >= 0.3 is 0 Å². The first kappa shape index (κ1) is 17.8. The summed E-state index contributed by atoms with van der Waals surface area (Å²) in [4.78, 5) is 16.9. The first-order valence-corrected chi connectivity index (χ1v) is 9.76. The fourth-order valence-electron chi connectivity index (χ4n) is 4.59. The molecular formula is C22H21N5O2. The SMILES string of the molecule is CO[C@@]1(C)C(=O)Nc2nccc(-c3nn(C4(CC#N)CCC4)c4ccccc34)c21. The summed E-state index contributed by atoms with van der Waals surface area (Å²) in [6, 6.07) is 12.3. The van der Waals surface area contributed by atoms with Crippen LogP contribution in [0.25, 0.3) is 22.2 Å². The van der Waals surface area contributed by atoms with Crippen LogP contribution in [0, 0.1) is 11.3 Å². The Labute approximate surface area is 168 Å². The number of carbonyl (C=O) groups is 1. The van der Waals surface area contributed by atoms with E-state index in [0.717, 1.165) is 41.4 Å². The normalized spacial score (nSPS) is 22.0. The maximum atomic E-state index is 12.6. The summed E-state index contributed by atoms with van der Waals surface area (Å²) in [5, 5.41) is 18.2. The number of pyridine rings is 1. The summed E-state index contributed by atoms with van der Waals surface area (Å²) in [6.45, 7) is 1.75.